The molecule has 2 heterocycles. The molecular weight excluding hydrogens is 402 g/mol. The monoisotopic (exact) mass is 427 g/mol. The Morgan fingerprint density at radius 3 is 2.67 bits per heavy atom. The number of fused-ring (bicyclic) bond motifs is 2. The van der Waals surface area contributed by atoms with E-state index in [4.69, 9.17) is 19.2 Å². The van der Waals surface area contributed by atoms with Crippen LogP contribution in [0.1, 0.15) is 24.2 Å². The van der Waals surface area contributed by atoms with Crippen molar-refractivity contribution < 1.29 is 19.0 Å². The number of nitrogens with zero attached hydrogens (tertiary/aromatic N) is 3. The first-order valence-electron chi connectivity index (χ1n) is 10.0. The van der Waals surface area contributed by atoms with Gasteiger partial charge >= 0.3 is 0 Å². The summed E-state index contributed by atoms with van der Waals surface area (Å²) < 4.78 is 17.1. The highest BCUT2D eigenvalue weighted by atomic mass is 32.1. The minimum Gasteiger partial charge on any atom is -0.497 e. The van der Waals surface area contributed by atoms with Crippen molar-refractivity contribution >= 4 is 32.6 Å². The van der Waals surface area contributed by atoms with E-state index in [2.05, 4.69) is 18.7 Å². The van der Waals surface area contributed by atoms with Crippen molar-refractivity contribution in [3.05, 3.63) is 42.0 Å². The highest BCUT2D eigenvalue weighted by Crippen LogP contribution is 2.35. The van der Waals surface area contributed by atoms with Crippen LogP contribution < -0.4 is 19.1 Å². The molecule has 30 heavy (non-hydrogen) atoms. The average Bonchev–Trinajstić information content (AvgIpc) is 3.41. The lowest BCUT2D eigenvalue weighted by molar-refractivity contribution is 0.0983. The van der Waals surface area contributed by atoms with Crippen molar-refractivity contribution in [3.8, 4) is 17.2 Å². The lowest BCUT2D eigenvalue weighted by atomic mass is 10.1. The molecule has 2 aromatic carbocycles. The molecule has 7 nitrogen and oxygen atoms in total. The van der Waals surface area contributed by atoms with Gasteiger partial charge in [-0.2, -0.15) is 0 Å². The second-order valence-electron chi connectivity index (χ2n) is 6.88. The topological polar surface area (TPSA) is 64.1 Å². The summed E-state index contributed by atoms with van der Waals surface area (Å²) in [6, 6.07) is 11.0. The van der Waals surface area contributed by atoms with E-state index in [1.807, 2.05) is 18.2 Å². The van der Waals surface area contributed by atoms with E-state index >= 15 is 0 Å². The molecule has 0 spiro atoms. The molecule has 1 aliphatic heterocycles. The molecule has 8 heteroatoms. The second-order valence-corrected chi connectivity index (χ2v) is 7.89. The highest BCUT2D eigenvalue weighted by Gasteiger charge is 2.24. The van der Waals surface area contributed by atoms with E-state index in [-0.39, 0.29) is 12.7 Å². The van der Waals surface area contributed by atoms with E-state index < -0.39 is 0 Å². The lowest BCUT2D eigenvalue weighted by Gasteiger charge is -2.24. The molecule has 4 rings (SSSR count). The largest absolute Gasteiger partial charge is 0.497 e. The molecule has 0 saturated carbocycles. The number of methoxy groups -OCH3 is 1. The third-order valence-corrected chi connectivity index (χ3v) is 6.26. The fraction of sp³-hybridized carbons (Fsp3) is 0.364. The fourth-order valence-electron chi connectivity index (χ4n) is 3.39. The molecule has 0 radical (unpaired) electrons. The standard InChI is InChI=1S/C22H25N3O4S/c1-4-24(5-2)10-11-25(21(26)15-6-9-18-19(12-15)29-14-28-18)22-23-17-8-7-16(27-3)13-20(17)30-22/h6-9,12-13H,4-5,10-11,14H2,1-3H3. The SMILES string of the molecule is CCN(CC)CCN(C(=O)c1ccc2c(c1)OCO2)c1nc2ccc(OC)cc2s1. The summed E-state index contributed by atoms with van der Waals surface area (Å²) in [5.74, 6) is 1.92. The predicted molar refractivity (Wildman–Crippen MR) is 118 cm³/mol. The van der Waals surface area contributed by atoms with Gasteiger partial charge in [0.05, 0.1) is 17.3 Å². The number of carbonyl (C=O) groups is 1. The quantitative estimate of drug-likeness (QED) is 0.541. The molecule has 1 aromatic heterocycles. The highest BCUT2D eigenvalue weighted by molar-refractivity contribution is 7.22. The van der Waals surface area contributed by atoms with E-state index in [0.29, 0.717) is 28.7 Å². The van der Waals surface area contributed by atoms with Gasteiger partial charge in [-0.15, -0.1) is 0 Å². The van der Waals surface area contributed by atoms with Crippen LogP contribution in [0.3, 0.4) is 0 Å². The Morgan fingerprint density at radius 2 is 1.90 bits per heavy atom. The van der Waals surface area contributed by atoms with Crippen LogP contribution in [0.5, 0.6) is 17.2 Å². The van der Waals surface area contributed by atoms with Crippen LogP contribution in [-0.4, -0.2) is 55.9 Å². The summed E-state index contributed by atoms with van der Waals surface area (Å²) in [5.41, 5.74) is 1.40. The van der Waals surface area contributed by atoms with Crippen molar-refractivity contribution in [1.29, 1.82) is 0 Å². The predicted octanol–water partition coefficient (Wildman–Crippen LogP) is 4.02. The molecule has 0 fully saturated rings. The third-order valence-electron chi connectivity index (χ3n) is 5.21. The maximum absolute atomic E-state index is 13.5. The first-order valence-corrected chi connectivity index (χ1v) is 10.8. The van der Waals surface area contributed by atoms with Crippen molar-refractivity contribution in [2.75, 3.05) is 45.0 Å². The molecule has 0 unspecified atom stereocenters. The van der Waals surface area contributed by atoms with Crippen LogP contribution in [0.4, 0.5) is 5.13 Å². The van der Waals surface area contributed by atoms with Gasteiger partial charge < -0.3 is 19.1 Å². The fourth-order valence-corrected chi connectivity index (χ4v) is 4.40. The van der Waals surface area contributed by atoms with Crippen molar-refractivity contribution in [1.82, 2.24) is 9.88 Å². The number of thiazole rings is 1. The number of aromatic nitrogens is 1. The average molecular weight is 428 g/mol. The summed E-state index contributed by atoms with van der Waals surface area (Å²) in [6.07, 6.45) is 0. The molecule has 1 aliphatic rings. The minimum absolute atomic E-state index is 0.105. The van der Waals surface area contributed by atoms with E-state index in [9.17, 15) is 4.79 Å². The van der Waals surface area contributed by atoms with E-state index in [1.165, 1.54) is 11.3 Å². The van der Waals surface area contributed by atoms with Crippen LogP contribution >= 0.6 is 11.3 Å². The number of ether oxygens (including phenoxy) is 3. The summed E-state index contributed by atoms with van der Waals surface area (Å²) in [5, 5.41) is 0.674. The zero-order chi connectivity index (χ0) is 21.1. The number of carbonyl (C=O) groups excluding carboxylic acids is 1. The van der Waals surface area contributed by atoms with E-state index in [0.717, 1.165) is 35.6 Å². The van der Waals surface area contributed by atoms with Crippen LogP contribution in [-0.2, 0) is 0 Å². The number of amides is 1. The van der Waals surface area contributed by atoms with Gasteiger partial charge in [0.1, 0.15) is 5.75 Å². The van der Waals surface area contributed by atoms with Gasteiger partial charge in [-0.3, -0.25) is 9.69 Å². The normalized spacial score (nSPS) is 12.5. The number of hydrogen-bond donors (Lipinski definition) is 0. The summed E-state index contributed by atoms with van der Waals surface area (Å²) >= 11 is 1.49. The zero-order valence-electron chi connectivity index (χ0n) is 17.4. The van der Waals surface area contributed by atoms with Gasteiger partial charge in [-0.1, -0.05) is 25.2 Å². The third kappa shape index (κ3) is 4.06. The van der Waals surface area contributed by atoms with Gasteiger partial charge in [0.15, 0.2) is 16.6 Å². The van der Waals surface area contributed by atoms with Crippen molar-refractivity contribution in [2.45, 2.75) is 13.8 Å². The lowest BCUT2D eigenvalue weighted by Crippen LogP contribution is -2.38. The Bertz CT molecular complexity index is 1050. The maximum atomic E-state index is 13.5. The zero-order valence-corrected chi connectivity index (χ0v) is 18.2. The Kier molecular flexibility index (Phi) is 6.06. The maximum Gasteiger partial charge on any atom is 0.260 e. The number of anilines is 1. The Balaban J connectivity index is 1.67. The first-order chi connectivity index (χ1) is 14.6. The summed E-state index contributed by atoms with van der Waals surface area (Å²) in [7, 11) is 1.64. The summed E-state index contributed by atoms with van der Waals surface area (Å²) in [4.78, 5) is 22.3. The van der Waals surface area contributed by atoms with Gasteiger partial charge in [0, 0.05) is 18.7 Å². The van der Waals surface area contributed by atoms with Gasteiger partial charge in [0.2, 0.25) is 6.79 Å². The minimum atomic E-state index is -0.105. The van der Waals surface area contributed by atoms with Crippen LogP contribution in [0.2, 0.25) is 0 Å². The smallest absolute Gasteiger partial charge is 0.260 e. The number of benzene rings is 2. The summed E-state index contributed by atoms with van der Waals surface area (Å²) in [6.45, 7) is 7.60. The van der Waals surface area contributed by atoms with Crippen LogP contribution in [0, 0.1) is 0 Å². The number of hydrogen-bond acceptors (Lipinski definition) is 7. The first kappa shape index (κ1) is 20.4. The molecule has 3 aromatic rings. The van der Waals surface area contributed by atoms with Crippen molar-refractivity contribution in [2.24, 2.45) is 0 Å². The van der Waals surface area contributed by atoms with Gasteiger partial charge in [-0.25, -0.2) is 4.98 Å². The van der Waals surface area contributed by atoms with Gasteiger partial charge in [-0.05, 0) is 49.5 Å². The number of likely N-dealkylation sites (N-methyl/N-ethyl adjacent to an activating group) is 1. The Hall–Kier alpha value is -2.84. The molecule has 0 atom stereocenters. The van der Waals surface area contributed by atoms with Crippen molar-refractivity contribution in [3.63, 3.8) is 0 Å². The second kappa shape index (κ2) is 8.89. The molecule has 158 valence electrons. The Labute approximate surface area is 179 Å². The van der Waals surface area contributed by atoms with Crippen LogP contribution in [0.15, 0.2) is 36.4 Å². The molecule has 0 aliphatic carbocycles. The molecule has 0 bridgehead atoms. The molecule has 0 saturated heterocycles. The van der Waals surface area contributed by atoms with Crippen LogP contribution in [0.25, 0.3) is 10.2 Å². The van der Waals surface area contributed by atoms with E-state index in [1.54, 1.807) is 30.2 Å². The van der Waals surface area contributed by atoms with Gasteiger partial charge in [0.25, 0.3) is 5.91 Å². The molecule has 0 N–H and O–H groups in total. The molecular formula is C22H25N3O4S. The number of rotatable bonds is 8. The Morgan fingerprint density at radius 1 is 1.10 bits per heavy atom. The molecule has 1 amide bonds.